The molecule has 49 heavy (non-hydrogen) atoms. The van der Waals surface area contributed by atoms with Gasteiger partial charge < -0.3 is 34.4 Å². The maximum atomic E-state index is 13.9. The van der Waals surface area contributed by atoms with Crippen LogP contribution in [0.3, 0.4) is 0 Å². The fourth-order valence-electron chi connectivity index (χ4n) is 6.47. The zero-order valence-electron chi connectivity index (χ0n) is 27.1. The van der Waals surface area contributed by atoms with Crippen LogP contribution >= 0.6 is 0 Å². The van der Waals surface area contributed by atoms with Crippen molar-refractivity contribution in [2.75, 3.05) is 25.6 Å². The second-order valence-corrected chi connectivity index (χ2v) is 12.0. The van der Waals surface area contributed by atoms with Gasteiger partial charge in [0.15, 0.2) is 16.7 Å². The van der Waals surface area contributed by atoms with Crippen molar-refractivity contribution < 1.29 is 28.5 Å². The Labute approximate surface area is 284 Å². The van der Waals surface area contributed by atoms with Crippen LogP contribution in [-0.4, -0.2) is 41.9 Å². The number of carbonyl (C=O) groups is 1. The van der Waals surface area contributed by atoms with E-state index in [-0.39, 0.29) is 6.42 Å². The fourth-order valence-corrected chi connectivity index (χ4v) is 6.47. The van der Waals surface area contributed by atoms with Gasteiger partial charge in [-0.15, -0.1) is 0 Å². The van der Waals surface area contributed by atoms with E-state index in [0.717, 1.165) is 22.2 Å². The number of hydrogen-bond donors (Lipinski definition) is 3. The van der Waals surface area contributed by atoms with Gasteiger partial charge in [-0.25, -0.2) is 9.78 Å². The maximum Gasteiger partial charge on any atom is 0.335 e. The van der Waals surface area contributed by atoms with Gasteiger partial charge >= 0.3 is 5.97 Å². The Kier molecular flexibility index (Phi) is 9.02. The summed E-state index contributed by atoms with van der Waals surface area (Å²) in [5.74, 6) is 1.29. The van der Waals surface area contributed by atoms with E-state index in [9.17, 15) is 9.90 Å². The predicted molar refractivity (Wildman–Crippen MR) is 186 cm³/mol. The summed E-state index contributed by atoms with van der Waals surface area (Å²) in [5, 5.41) is 19.6. The molecular formula is C40H37N3O6. The van der Waals surface area contributed by atoms with Gasteiger partial charge in [0.05, 0.1) is 13.7 Å². The number of para-hydroxylation sites is 3. The molecule has 0 bridgehead atoms. The molecule has 1 aliphatic heterocycles. The number of rotatable bonds is 13. The van der Waals surface area contributed by atoms with Crippen molar-refractivity contribution in [1.29, 1.82) is 0 Å². The number of fused-ring (bicyclic) bond motifs is 2. The molecule has 6 aromatic rings. The monoisotopic (exact) mass is 655 g/mol. The minimum absolute atomic E-state index is 0.131. The van der Waals surface area contributed by atoms with E-state index in [4.69, 9.17) is 18.6 Å². The molecule has 2 unspecified atom stereocenters. The van der Waals surface area contributed by atoms with Crippen molar-refractivity contribution in [3.05, 3.63) is 156 Å². The van der Waals surface area contributed by atoms with Crippen LogP contribution in [0.1, 0.15) is 28.1 Å². The lowest BCUT2D eigenvalue weighted by atomic mass is 9.70. The van der Waals surface area contributed by atoms with Gasteiger partial charge in [-0.2, -0.15) is 0 Å². The van der Waals surface area contributed by atoms with Gasteiger partial charge in [-0.05, 0) is 59.2 Å². The second kappa shape index (κ2) is 13.8. The summed E-state index contributed by atoms with van der Waals surface area (Å²) in [7, 11) is 1.34. The van der Waals surface area contributed by atoms with Crippen molar-refractivity contribution in [1.82, 2.24) is 10.3 Å². The summed E-state index contributed by atoms with van der Waals surface area (Å²) in [6.07, 6.45) is 0.131. The van der Waals surface area contributed by atoms with Gasteiger partial charge in [0, 0.05) is 24.2 Å². The van der Waals surface area contributed by atoms with Crippen LogP contribution in [0.15, 0.2) is 132 Å². The van der Waals surface area contributed by atoms with E-state index < -0.39 is 17.1 Å². The molecule has 9 nitrogen and oxygen atoms in total. The number of ether oxygens (including phenoxy) is 3. The molecule has 2 atom stereocenters. The van der Waals surface area contributed by atoms with E-state index in [1.807, 2.05) is 121 Å². The molecule has 0 aliphatic carbocycles. The average Bonchev–Trinajstić information content (AvgIpc) is 3.68. The smallest absolute Gasteiger partial charge is 0.335 e. The first-order valence-electron chi connectivity index (χ1n) is 16.2. The molecule has 2 heterocycles. The summed E-state index contributed by atoms with van der Waals surface area (Å²) in [4.78, 5) is 18.4. The average molecular weight is 656 g/mol. The first-order valence-corrected chi connectivity index (χ1v) is 16.2. The minimum Gasteiger partial charge on any atom is -0.492 e. The highest BCUT2D eigenvalue weighted by Gasteiger charge is 2.63. The normalized spacial score (nSPS) is 18.1. The van der Waals surface area contributed by atoms with E-state index in [0.29, 0.717) is 60.5 Å². The van der Waals surface area contributed by atoms with Gasteiger partial charge in [-0.3, -0.25) is 0 Å². The third kappa shape index (κ3) is 6.34. The highest BCUT2D eigenvalue weighted by atomic mass is 16.5. The first kappa shape index (κ1) is 31.9. The largest absolute Gasteiger partial charge is 0.492 e. The number of benzene rings is 5. The van der Waals surface area contributed by atoms with Crippen molar-refractivity contribution in [2.45, 2.75) is 30.7 Å². The van der Waals surface area contributed by atoms with Crippen molar-refractivity contribution >= 4 is 22.8 Å². The molecule has 0 fully saturated rings. The Bertz CT molecular complexity index is 2010. The number of aliphatic hydroxyl groups is 1. The van der Waals surface area contributed by atoms with Crippen LogP contribution in [-0.2, 0) is 34.7 Å². The Morgan fingerprint density at radius 2 is 1.61 bits per heavy atom. The first-order chi connectivity index (χ1) is 24.0. The number of aromatic nitrogens is 1. The standard InChI is InChI=1S/C40H37N3O6/c1-46-38(44)39(25-28-18-20-31(21-19-28)47-23-22-41-26-37-42-35-16-7-8-17-36(35)49-37)40(45,33-14-5-6-15-34(33)43-39)30-12-9-13-32(24-30)48-27-29-10-3-2-4-11-29/h2-21,24,41,43,45H,22-23,25-27H2,1H3. The van der Waals surface area contributed by atoms with Crippen LogP contribution in [0, 0.1) is 0 Å². The molecule has 5 aromatic carbocycles. The van der Waals surface area contributed by atoms with Crippen LogP contribution < -0.4 is 20.1 Å². The molecule has 0 amide bonds. The number of oxazole rings is 1. The molecule has 7 rings (SSSR count). The number of esters is 1. The van der Waals surface area contributed by atoms with E-state index in [1.165, 1.54) is 7.11 Å². The Morgan fingerprint density at radius 3 is 2.43 bits per heavy atom. The fraction of sp³-hybridized carbons (Fsp3) is 0.200. The summed E-state index contributed by atoms with van der Waals surface area (Å²) >= 11 is 0. The van der Waals surface area contributed by atoms with E-state index in [2.05, 4.69) is 15.6 Å². The highest BCUT2D eigenvalue weighted by molar-refractivity contribution is 5.92. The van der Waals surface area contributed by atoms with E-state index >= 15 is 0 Å². The SMILES string of the molecule is COC(=O)C1(Cc2ccc(OCCNCc3nc4ccccc4o3)cc2)Nc2ccccc2C1(O)c1cccc(OCc2ccccc2)c1. The van der Waals surface area contributed by atoms with Gasteiger partial charge in [-0.1, -0.05) is 84.9 Å². The zero-order chi connectivity index (χ0) is 33.7. The molecule has 0 radical (unpaired) electrons. The number of methoxy groups -OCH3 is 1. The molecule has 248 valence electrons. The lowest BCUT2D eigenvalue weighted by molar-refractivity contribution is -0.154. The lowest BCUT2D eigenvalue weighted by Gasteiger charge is -2.41. The predicted octanol–water partition coefficient (Wildman–Crippen LogP) is 6.39. The Morgan fingerprint density at radius 1 is 0.837 bits per heavy atom. The summed E-state index contributed by atoms with van der Waals surface area (Å²) in [6, 6.07) is 39.7. The molecule has 0 saturated carbocycles. The number of nitrogens with one attached hydrogen (secondary N) is 2. The molecular weight excluding hydrogens is 618 g/mol. The number of nitrogens with zero attached hydrogens (tertiary/aromatic N) is 1. The van der Waals surface area contributed by atoms with Crippen molar-refractivity contribution in [2.24, 2.45) is 0 Å². The highest BCUT2D eigenvalue weighted by Crippen LogP contribution is 2.52. The molecule has 1 aliphatic rings. The lowest BCUT2D eigenvalue weighted by Crippen LogP contribution is -2.61. The minimum atomic E-state index is -1.79. The Hall–Kier alpha value is -5.64. The molecule has 0 saturated heterocycles. The second-order valence-electron chi connectivity index (χ2n) is 12.0. The van der Waals surface area contributed by atoms with Gasteiger partial charge in [0.2, 0.25) is 5.89 Å². The maximum absolute atomic E-state index is 13.9. The summed E-state index contributed by atoms with van der Waals surface area (Å²) in [5.41, 5.74) is 1.78. The van der Waals surface area contributed by atoms with Crippen LogP contribution in [0.5, 0.6) is 11.5 Å². The molecule has 3 N–H and O–H groups in total. The zero-order valence-corrected chi connectivity index (χ0v) is 27.1. The van der Waals surface area contributed by atoms with Gasteiger partial charge in [0.25, 0.3) is 0 Å². The summed E-state index contributed by atoms with van der Waals surface area (Å²) in [6.45, 7) is 1.88. The molecule has 9 heteroatoms. The Balaban J connectivity index is 1.08. The van der Waals surface area contributed by atoms with Crippen molar-refractivity contribution in [3.63, 3.8) is 0 Å². The van der Waals surface area contributed by atoms with Gasteiger partial charge in [0.1, 0.15) is 30.2 Å². The molecule has 1 aromatic heterocycles. The van der Waals surface area contributed by atoms with Crippen molar-refractivity contribution in [3.8, 4) is 11.5 Å². The number of carbonyl (C=O) groups excluding carboxylic acids is 1. The number of hydrogen-bond acceptors (Lipinski definition) is 9. The van der Waals surface area contributed by atoms with Crippen LogP contribution in [0.4, 0.5) is 5.69 Å². The van der Waals surface area contributed by atoms with Crippen LogP contribution in [0.25, 0.3) is 11.1 Å². The van der Waals surface area contributed by atoms with Crippen LogP contribution in [0.2, 0.25) is 0 Å². The van der Waals surface area contributed by atoms with E-state index in [1.54, 1.807) is 6.07 Å². The third-order valence-electron chi connectivity index (χ3n) is 8.87. The summed E-state index contributed by atoms with van der Waals surface area (Å²) < 4.78 is 23.2. The molecule has 0 spiro atoms. The quantitative estimate of drug-likeness (QED) is 0.0962. The third-order valence-corrected chi connectivity index (χ3v) is 8.87. The number of anilines is 1. The topological polar surface area (TPSA) is 115 Å².